The number of hydrogen-bond acceptors (Lipinski definition) is 4. The molecule has 1 fully saturated rings. The molecule has 0 spiro atoms. The molecule has 0 radical (unpaired) electrons. The fraction of sp³-hybridized carbons (Fsp3) is 0.467. The highest BCUT2D eigenvalue weighted by Crippen LogP contribution is 2.14. The quantitative estimate of drug-likeness (QED) is 0.865. The number of rotatable bonds is 3. The van der Waals surface area contributed by atoms with Crippen LogP contribution in [0.5, 0.6) is 0 Å². The standard InChI is InChI=1S/C15H21N3O4S/c1-11(19)18-9-7-13(8-10-18)17-15(20)16-12-3-5-14(6-4-12)23(2,21)22/h3-6,13H,7-10H2,1-2H3,(H2,16,17,20). The zero-order valence-electron chi connectivity index (χ0n) is 13.2. The van der Waals surface area contributed by atoms with E-state index >= 15 is 0 Å². The lowest BCUT2D eigenvalue weighted by Gasteiger charge is -2.31. The molecule has 3 amide bonds. The summed E-state index contributed by atoms with van der Waals surface area (Å²) < 4.78 is 22.8. The van der Waals surface area contributed by atoms with Crippen LogP contribution >= 0.6 is 0 Å². The van der Waals surface area contributed by atoms with Crippen molar-refractivity contribution in [1.29, 1.82) is 0 Å². The lowest BCUT2D eigenvalue weighted by molar-refractivity contribution is -0.129. The Morgan fingerprint density at radius 3 is 2.17 bits per heavy atom. The fourth-order valence-corrected chi connectivity index (χ4v) is 3.11. The van der Waals surface area contributed by atoms with E-state index < -0.39 is 9.84 Å². The molecule has 126 valence electrons. The van der Waals surface area contributed by atoms with E-state index in [2.05, 4.69) is 10.6 Å². The van der Waals surface area contributed by atoms with Crippen LogP contribution in [0.25, 0.3) is 0 Å². The molecule has 23 heavy (non-hydrogen) atoms. The summed E-state index contributed by atoms with van der Waals surface area (Å²) in [4.78, 5) is 25.2. The molecule has 0 bridgehead atoms. The average Bonchev–Trinajstić information content (AvgIpc) is 2.47. The number of carbonyl (C=O) groups excluding carboxylic acids is 2. The second-order valence-electron chi connectivity index (χ2n) is 5.68. The normalized spacial score (nSPS) is 16.0. The van der Waals surface area contributed by atoms with E-state index in [9.17, 15) is 18.0 Å². The molecule has 0 aromatic heterocycles. The van der Waals surface area contributed by atoms with E-state index in [1.807, 2.05) is 0 Å². The minimum absolute atomic E-state index is 0.0286. The highest BCUT2D eigenvalue weighted by molar-refractivity contribution is 7.90. The molecule has 0 atom stereocenters. The van der Waals surface area contributed by atoms with E-state index in [1.54, 1.807) is 24.0 Å². The van der Waals surface area contributed by atoms with Gasteiger partial charge in [-0.2, -0.15) is 0 Å². The van der Waals surface area contributed by atoms with Crippen molar-refractivity contribution in [2.75, 3.05) is 24.7 Å². The molecule has 1 aliphatic heterocycles. The van der Waals surface area contributed by atoms with Crippen LogP contribution in [-0.2, 0) is 14.6 Å². The van der Waals surface area contributed by atoms with Gasteiger partial charge in [-0.25, -0.2) is 13.2 Å². The Bertz CT molecular complexity index is 677. The molecule has 0 unspecified atom stereocenters. The summed E-state index contributed by atoms with van der Waals surface area (Å²) in [5, 5.41) is 5.54. The molecule has 1 saturated heterocycles. The Kier molecular flexibility index (Phi) is 5.25. The van der Waals surface area contributed by atoms with Crippen LogP contribution in [-0.4, -0.2) is 50.6 Å². The van der Waals surface area contributed by atoms with Crippen molar-refractivity contribution in [3.63, 3.8) is 0 Å². The van der Waals surface area contributed by atoms with E-state index in [1.165, 1.54) is 12.1 Å². The first-order valence-corrected chi connectivity index (χ1v) is 9.28. The molecule has 1 aromatic carbocycles. The number of urea groups is 1. The number of piperidine rings is 1. The summed E-state index contributed by atoms with van der Waals surface area (Å²) in [7, 11) is -3.24. The minimum Gasteiger partial charge on any atom is -0.343 e. The molecule has 2 rings (SSSR count). The van der Waals surface area contributed by atoms with E-state index in [0.29, 0.717) is 18.8 Å². The van der Waals surface area contributed by atoms with Crippen molar-refractivity contribution < 1.29 is 18.0 Å². The highest BCUT2D eigenvalue weighted by atomic mass is 32.2. The monoisotopic (exact) mass is 339 g/mol. The molecular weight excluding hydrogens is 318 g/mol. The maximum absolute atomic E-state index is 12.0. The van der Waals surface area contributed by atoms with Crippen molar-refractivity contribution in [3.8, 4) is 0 Å². The maximum atomic E-state index is 12.0. The Morgan fingerprint density at radius 2 is 1.70 bits per heavy atom. The van der Waals surface area contributed by atoms with Crippen LogP contribution in [0.1, 0.15) is 19.8 Å². The van der Waals surface area contributed by atoms with Crippen molar-refractivity contribution in [2.24, 2.45) is 0 Å². The van der Waals surface area contributed by atoms with Crippen LogP contribution in [0.2, 0.25) is 0 Å². The second kappa shape index (κ2) is 6.99. The van der Waals surface area contributed by atoms with Crippen LogP contribution in [0.4, 0.5) is 10.5 Å². The smallest absolute Gasteiger partial charge is 0.319 e. The number of nitrogens with zero attached hydrogens (tertiary/aromatic N) is 1. The lowest BCUT2D eigenvalue weighted by Crippen LogP contribution is -2.47. The third kappa shape index (κ3) is 4.95. The van der Waals surface area contributed by atoms with Crippen LogP contribution < -0.4 is 10.6 Å². The summed E-state index contributed by atoms with van der Waals surface area (Å²) in [6, 6.07) is 5.70. The van der Waals surface area contributed by atoms with Gasteiger partial charge in [-0.15, -0.1) is 0 Å². The molecule has 1 aliphatic rings. The molecule has 1 heterocycles. The van der Waals surface area contributed by atoms with Gasteiger partial charge in [0.15, 0.2) is 9.84 Å². The first kappa shape index (κ1) is 17.3. The number of amides is 3. The number of anilines is 1. The van der Waals surface area contributed by atoms with Gasteiger partial charge in [-0.05, 0) is 37.1 Å². The molecule has 7 nitrogen and oxygen atoms in total. The minimum atomic E-state index is -3.24. The lowest BCUT2D eigenvalue weighted by atomic mass is 10.1. The largest absolute Gasteiger partial charge is 0.343 e. The maximum Gasteiger partial charge on any atom is 0.319 e. The van der Waals surface area contributed by atoms with Gasteiger partial charge in [0.2, 0.25) is 5.91 Å². The summed E-state index contributed by atoms with van der Waals surface area (Å²) in [5.41, 5.74) is 0.524. The Morgan fingerprint density at radius 1 is 1.13 bits per heavy atom. The molecule has 1 aromatic rings. The predicted molar refractivity (Wildman–Crippen MR) is 87.0 cm³/mol. The number of carbonyl (C=O) groups is 2. The van der Waals surface area contributed by atoms with Gasteiger partial charge in [0.1, 0.15) is 0 Å². The first-order valence-electron chi connectivity index (χ1n) is 7.39. The third-order valence-corrected chi connectivity index (χ3v) is 4.94. The summed E-state index contributed by atoms with van der Waals surface area (Å²) >= 11 is 0. The Hall–Kier alpha value is -2.09. The van der Waals surface area contributed by atoms with Gasteiger partial charge in [-0.3, -0.25) is 4.79 Å². The molecule has 0 aliphatic carbocycles. The SMILES string of the molecule is CC(=O)N1CCC(NC(=O)Nc2ccc(S(C)(=O)=O)cc2)CC1. The van der Waals surface area contributed by atoms with Gasteiger partial charge in [-0.1, -0.05) is 0 Å². The number of nitrogens with one attached hydrogen (secondary N) is 2. The number of benzene rings is 1. The molecule has 8 heteroatoms. The summed E-state index contributed by atoms with van der Waals surface area (Å²) in [5.74, 6) is 0.0545. The first-order chi connectivity index (χ1) is 10.8. The van der Waals surface area contributed by atoms with Crippen molar-refractivity contribution in [1.82, 2.24) is 10.2 Å². The Labute approximate surface area is 136 Å². The summed E-state index contributed by atoms with van der Waals surface area (Å²) in [6.07, 6.45) is 2.58. The van der Waals surface area contributed by atoms with E-state index in [-0.39, 0.29) is 22.9 Å². The third-order valence-electron chi connectivity index (χ3n) is 3.82. The van der Waals surface area contributed by atoms with Crippen molar-refractivity contribution in [3.05, 3.63) is 24.3 Å². The van der Waals surface area contributed by atoms with Crippen LogP contribution in [0.15, 0.2) is 29.2 Å². The van der Waals surface area contributed by atoms with E-state index in [0.717, 1.165) is 19.1 Å². The van der Waals surface area contributed by atoms with Crippen molar-refractivity contribution in [2.45, 2.75) is 30.7 Å². The van der Waals surface area contributed by atoms with E-state index in [4.69, 9.17) is 0 Å². The van der Waals surface area contributed by atoms with Crippen LogP contribution in [0.3, 0.4) is 0 Å². The van der Waals surface area contributed by atoms with Gasteiger partial charge in [0.05, 0.1) is 4.90 Å². The van der Waals surface area contributed by atoms with Crippen molar-refractivity contribution >= 4 is 27.5 Å². The van der Waals surface area contributed by atoms with Gasteiger partial charge < -0.3 is 15.5 Å². The topological polar surface area (TPSA) is 95.6 Å². The molecule has 2 N–H and O–H groups in total. The average molecular weight is 339 g/mol. The second-order valence-corrected chi connectivity index (χ2v) is 7.69. The number of hydrogen-bond donors (Lipinski definition) is 2. The van der Waals surface area contributed by atoms with Gasteiger partial charge in [0, 0.05) is 38.0 Å². The fourth-order valence-electron chi connectivity index (χ4n) is 2.48. The Balaban J connectivity index is 1.85. The number of likely N-dealkylation sites (tertiary alicyclic amines) is 1. The molecular formula is C15H21N3O4S. The zero-order valence-corrected chi connectivity index (χ0v) is 14.0. The zero-order chi connectivity index (χ0) is 17.0. The van der Waals surface area contributed by atoms with Gasteiger partial charge in [0.25, 0.3) is 0 Å². The predicted octanol–water partition coefficient (Wildman–Crippen LogP) is 1.22. The van der Waals surface area contributed by atoms with Gasteiger partial charge >= 0.3 is 6.03 Å². The number of sulfone groups is 1. The highest BCUT2D eigenvalue weighted by Gasteiger charge is 2.21. The summed E-state index contributed by atoms with van der Waals surface area (Å²) in [6.45, 7) is 2.83. The van der Waals surface area contributed by atoms with Crippen LogP contribution in [0, 0.1) is 0 Å². The molecule has 0 saturated carbocycles.